The van der Waals surface area contributed by atoms with Crippen LogP contribution in [0.25, 0.3) is 0 Å². The van der Waals surface area contributed by atoms with Crippen LogP contribution < -0.4 is 0 Å². The zero-order valence-corrected chi connectivity index (χ0v) is 9.02. The van der Waals surface area contributed by atoms with Crippen LogP contribution in [0.4, 0.5) is 19.0 Å². The van der Waals surface area contributed by atoms with Gasteiger partial charge in [-0.3, -0.25) is 4.79 Å². The molecular formula is C9H7F3N2O4. The molecule has 0 amide bonds. The van der Waals surface area contributed by atoms with E-state index in [1.165, 1.54) is 0 Å². The molecule has 1 aromatic rings. The maximum absolute atomic E-state index is 13.3. The summed E-state index contributed by atoms with van der Waals surface area (Å²) in [6, 6.07) is 0.544. The molecular weight excluding hydrogens is 257 g/mol. The first-order chi connectivity index (χ1) is 8.36. The second-order valence-electron chi connectivity index (χ2n) is 3.16. The number of alkyl halides is 2. The summed E-state index contributed by atoms with van der Waals surface area (Å²) in [5.74, 6) is -3.49. The molecule has 0 saturated carbocycles. The zero-order valence-electron chi connectivity index (χ0n) is 9.02. The molecule has 0 atom stereocenters. The molecule has 0 aliphatic carbocycles. The molecule has 98 valence electrons. The lowest BCUT2D eigenvalue weighted by molar-refractivity contribution is -0.391. The van der Waals surface area contributed by atoms with Gasteiger partial charge >= 0.3 is 17.7 Å². The van der Waals surface area contributed by atoms with Gasteiger partial charge in [0.15, 0.2) is 0 Å². The summed E-state index contributed by atoms with van der Waals surface area (Å²) in [6.07, 6.45) is -3.83. The molecule has 0 fully saturated rings. The number of carbonyl (C=O) groups excluding carboxylic acids is 1. The van der Waals surface area contributed by atoms with Crippen molar-refractivity contribution in [1.29, 1.82) is 0 Å². The van der Waals surface area contributed by atoms with Gasteiger partial charge in [0.05, 0.1) is 13.5 Å². The van der Waals surface area contributed by atoms with E-state index >= 15 is 0 Å². The number of ether oxygens (including phenoxy) is 1. The minimum atomic E-state index is -3.20. The number of hydrogen-bond acceptors (Lipinski definition) is 5. The Morgan fingerprint density at radius 2 is 2.22 bits per heavy atom. The number of methoxy groups -OCH3 is 1. The standard InChI is InChI=1S/C9H7F3N2O4/c1-18-6(15)3-4-2-5(7(10)11)9(14(16)17)13-8(4)12/h2,7H,3H2,1H3. The number of aromatic nitrogens is 1. The second-order valence-corrected chi connectivity index (χ2v) is 3.16. The lowest BCUT2D eigenvalue weighted by Gasteiger charge is -2.04. The molecule has 18 heavy (non-hydrogen) atoms. The molecule has 0 unspecified atom stereocenters. The van der Waals surface area contributed by atoms with Crippen molar-refractivity contribution in [3.63, 3.8) is 0 Å². The van der Waals surface area contributed by atoms with E-state index in [0.29, 0.717) is 6.07 Å². The Bertz CT molecular complexity index is 493. The Morgan fingerprint density at radius 3 is 2.67 bits per heavy atom. The average Bonchev–Trinajstić information content (AvgIpc) is 2.30. The maximum atomic E-state index is 13.3. The van der Waals surface area contributed by atoms with Crippen LogP contribution in [0.2, 0.25) is 0 Å². The fourth-order valence-electron chi connectivity index (χ4n) is 1.20. The van der Waals surface area contributed by atoms with Gasteiger partial charge in [-0.05, 0) is 16.0 Å². The predicted octanol–water partition coefficient (Wildman–Crippen LogP) is 1.78. The number of rotatable bonds is 4. The number of halogens is 3. The summed E-state index contributed by atoms with van der Waals surface area (Å²) in [6.45, 7) is 0. The Balaban J connectivity index is 3.27. The minimum absolute atomic E-state index is 0.484. The molecule has 1 aromatic heterocycles. The van der Waals surface area contributed by atoms with Crippen LogP contribution >= 0.6 is 0 Å². The van der Waals surface area contributed by atoms with E-state index in [1.54, 1.807) is 0 Å². The molecule has 1 heterocycles. The van der Waals surface area contributed by atoms with E-state index in [2.05, 4.69) is 9.72 Å². The Labute approximate surface area is 98.5 Å². The van der Waals surface area contributed by atoms with Crippen LogP contribution in [-0.4, -0.2) is 23.0 Å². The predicted molar refractivity (Wildman–Crippen MR) is 51.5 cm³/mol. The zero-order chi connectivity index (χ0) is 13.9. The summed E-state index contributed by atoms with van der Waals surface area (Å²) >= 11 is 0. The average molecular weight is 264 g/mol. The molecule has 0 radical (unpaired) electrons. The van der Waals surface area contributed by atoms with Gasteiger partial charge in [0.25, 0.3) is 6.43 Å². The van der Waals surface area contributed by atoms with E-state index in [1.807, 2.05) is 0 Å². The molecule has 0 bridgehead atoms. The summed E-state index contributed by atoms with van der Waals surface area (Å²) in [7, 11) is 1.03. The van der Waals surface area contributed by atoms with Gasteiger partial charge in [0, 0.05) is 5.56 Å². The number of esters is 1. The molecule has 0 spiro atoms. The van der Waals surface area contributed by atoms with Crippen molar-refractivity contribution < 1.29 is 27.6 Å². The van der Waals surface area contributed by atoms with E-state index in [-0.39, 0.29) is 0 Å². The molecule has 1 rings (SSSR count). The fraction of sp³-hybridized carbons (Fsp3) is 0.333. The molecule has 0 saturated heterocycles. The van der Waals surface area contributed by atoms with Gasteiger partial charge < -0.3 is 14.9 Å². The molecule has 0 N–H and O–H groups in total. The van der Waals surface area contributed by atoms with Crippen molar-refractivity contribution >= 4 is 11.8 Å². The van der Waals surface area contributed by atoms with Crippen LogP contribution in [-0.2, 0) is 16.0 Å². The van der Waals surface area contributed by atoms with Crippen molar-refractivity contribution in [2.45, 2.75) is 12.8 Å². The van der Waals surface area contributed by atoms with Gasteiger partial charge in [-0.15, -0.1) is 0 Å². The Hall–Kier alpha value is -2.19. The topological polar surface area (TPSA) is 82.3 Å². The molecule has 0 aliphatic rings. The molecule has 6 nitrogen and oxygen atoms in total. The smallest absolute Gasteiger partial charge is 0.375 e. The first-order valence-electron chi connectivity index (χ1n) is 4.55. The number of carbonyl (C=O) groups is 1. The van der Waals surface area contributed by atoms with Crippen molar-refractivity contribution in [2.24, 2.45) is 0 Å². The third-order valence-electron chi connectivity index (χ3n) is 2.03. The second kappa shape index (κ2) is 5.43. The van der Waals surface area contributed by atoms with Crippen molar-refractivity contribution in [3.8, 4) is 0 Å². The van der Waals surface area contributed by atoms with Crippen LogP contribution in [0, 0.1) is 16.1 Å². The van der Waals surface area contributed by atoms with E-state index in [9.17, 15) is 28.1 Å². The maximum Gasteiger partial charge on any atom is 0.375 e. The third kappa shape index (κ3) is 2.93. The van der Waals surface area contributed by atoms with E-state index < -0.39 is 46.6 Å². The normalized spacial score (nSPS) is 10.5. The third-order valence-corrected chi connectivity index (χ3v) is 2.03. The quantitative estimate of drug-likeness (QED) is 0.358. The van der Waals surface area contributed by atoms with Crippen molar-refractivity contribution in [1.82, 2.24) is 4.98 Å². The minimum Gasteiger partial charge on any atom is -0.469 e. The summed E-state index contributed by atoms with van der Waals surface area (Å²) < 4.78 is 42.6. The highest BCUT2D eigenvalue weighted by Gasteiger charge is 2.28. The Kier molecular flexibility index (Phi) is 4.18. The van der Waals surface area contributed by atoms with Crippen LogP contribution in [0.3, 0.4) is 0 Å². The van der Waals surface area contributed by atoms with Gasteiger partial charge in [0.2, 0.25) is 0 Å². The molecule has 0 aromatic carbocycles. The number of hydrogen-bond donors (Lipinski definition) is 0. The van der Waals surface area contributed by atoms with Crippen molar-refractivity contribution in [3.05, 3.63) is 33.3 Å². The van der Waals surface area contributed by atoms with E-state index in [4.69, 9.17) is 0 Å². The molecule has 9 heteroatoms. The number of nitro groups is 1. The first-order valence-corrected chi connectivity index (χ1v) is 4.55. The highest BCUT2D eigenvalue weighted by atomic mass is 19.3. The van der Waals surface area contributed by atoms with Crippen LogP contribution in [0.5, 0.6) is 0 Å². The molecule has 0 aliphatic heterocycles. The van der Waals surface area contributed by atoms with Gasteiger partial charge in [-0.25, -0.2) is 8.78 Å². The summed E-state index contributed by atoms with van der Waals surface area (Å²) in [5, 5.41) is 10.4. The highest BCUT2D eigenvalue weighted by Crippen LogP contribution is 2.29. The van der Waals surface area contributed by atoms with Gasteiger partial charge in [-0.2, -0.15) is 4.39 Å². The van der Waals surface area contributed by atoms with Crippen LogP contribution in [0.1, 0.15) is 17.6 Å². The monoisotopic (exact) mass is 264 g/mol. The fourth-order valence-corrected chi connectivity index (χ4v) is 1.20. The lowest BCUT2D eigenvalue weighted by atomic mass is 10.1. The largest absolute Gasteiger partial charge is 0.469 e. The Morgan fingerprint density at radius 1 is 1.61 bits per heavy atom. The van der Waals surface area contributed by atoms with Gasteiger partial charge in [-0.1, -0.05) is 0 Å². The van der Waals surface area contributed by atoms with Gasteiger partial charge in [0.1, 0.15) is 5.56 Å². The lowest BCUT2D eigenvalue weighted by Crippen LogP contribution is -2.10. The summed E-state index contributed by atoms with van der Waals surface area (Å²) in [5.41, 5.74) is -1.52. The summed E-state index contributed by atoms with van der Waals surface area (Å²) in [4.78, 5) is 22.9. The number of nitrogens with zero attached hydrogens (tertiary/aromatic N) is 2. The van der Waals surface area contributed by atoms with Crippen molar-refractivity contribution in [2.75, 3.05) is 7.11 Å². The van der Waals surface area contributed by atoms with Crippen LogP contribution in [0.15, 0.2) is 6.07 Å². The highest BCUT2D eigenvalue weighted by molar-refractivity contribution is 5.72. The van der Waals surface area contributed by atoms with E-state index in [0.717, 1.165) is 7.11 Å². The number of pyridine rings is 1. The first kappa shape index (κ1) is 13.9. The SMILES string of the molecule is COC(=O)Cc1cc(C(F)F)c([N+](=O)[O-])nc1F.